The van der Waals surface area contributed by atoms with E-state index in [0.29, 0.717) is 31.7 Å². The molecule has 1 aliphatic heterocycles. The molecule has 0 bridgehead atoms. The Morgan fingerprint density at radius 1 is 0.971 bits per heavy atom. The first kappa shape index (κ1) is 25.2. The van der Waals surface area contributed by atoms with Gasteiger partial charge in [0, 0.05) is 44.7 Å². The molecule has 182 valence electrons. The Hall–Kier alpha value is -3.40. The maximum Gasteiger partial charge on any atom is 0.418 e. The van der Waals surface area contributed by atoms with Gasteiger partial charge in [-0.15, -0.1) is 0 Å². The lowest BCUT2D eigenvalue weighted by atomic mass is 10.1. The van der Waals surface area contributed by atoms with Gasteiger partial charge in [-0.05, 0) is 31.2 Å². The number of benzene rings is 2. The monoisotopic (exact) mass is 476 g/mol. The molecule has 0 aromatic heterocycles. The molecule has 7 nitrogen and oxygen atoms in total. The summed E-state index contributed by atoms with van der Waals surface area (Å²) in [4.78, 5) is 40.3. The largest absolute Gasteiger partial charge is 0.418 e. The number of piperazine rings is 1. The van der Waals surface area contributed by atoms with Gasteiger partial charge < -0.3 is 15.5 Å². The summed E-state index contributed by atoms with van der Waals surface area (Å²) < 4.78 is 39.3. The molecule has 2 aromatic rings. The Morgan fingerprint density at radius 3 is 2.35 bits per heavy atom. The molecule has 0 unspecified atom stereocenters. The number of hydrogen-bond donors (Lipinski definition) is 2. The number of rotatable bonds is 7. The zero-order valence-electron chi connectivity index (χ0n) is 18.8. The van der Waals surface area contributed by atoms with Gasteiger partial charge in [0.2, 0.25) is 11.8 Å². The van der Waals surface area contributed by atoms with Crippen molar-refractivity contribution in [3.05, 3.63) is 65.2 Å². The number of alkyl halides is 3. The zero-order chi connectivity index (χ0) is 24.7. The first-order chi connectivity index (χ1) is 16.1. The van der Waals surface area contributed by atoms with E-state index < -0.39 is 17.6 Å². The van der Waals surface area contributed by atoms with Gasteiger partial charge in [0.15, 0.2) is 0 Å². The Morgan fingerprint density at radius 2 is 1.68 bits per heavy atom. The van der Waals surface area contributed by atoms with E-state index in [4.69, 9.17) is 0 Å². The summed E-state index contributed by atoms with van der Waals surface area (Å²) in [6, 6.07) is 12.0. The molecule has 0 aliphatic carbocycles. The molecular formula is C24H27F3N4O3. The summed E-state index contributed by atoms with van der Waals surface area (Å²) in [5, 5.41) is 5.07. The molecule has 0 spiro atoms. The minimum atomic E-state index is -4.56. The first-order valence-electron chi connectivity index (χ1n) is 10.9. The van der Waals surface area contributed by atoms with Crippen LogP contribution in [0.2, 0.25) is 0 Å². The lowest BCUT2D eigenvalue weighted by Gasteiger charge is -2.34. The lowest BCUT2D eigenvalue weighted by molar-refractivity contribution is -0.137. The second-order valence-electron chi connectivity index (χ2n) is 8.12. The third-order valence-corrected chi connectivity index (χ3v) is 5.50. The summed E-state index contributed by atoms with van der Waals surface area (Å²) in [5.74, 6) is -0.887. The maximum absolute atomic E-state index is 13.1. The summed E-state index contributed by atoms with van der Waals surface area (Å²) >= 11 is 0. The number of nitrogens with zero attached hydrogens (tertiary/aromatic N) is 2. The molecule has 2 N–H and O–H groups in total. The molecule has 10 heteroatoms. The van der Waals surface area contributed by atoms with Crippen LogP contribution in [-0.2, 0) is 15.8 Å². The number of para-hydroxylation sites is 1. The Balaban J connectivity index is 1.40. The maximum atomic E-state index is 13.1. The number of amides is 3. The minimum absolute atomic E-state index is 0.0687. The van der Waals surface area contributed by atoms with Crippen LogP contribution in [0.3, 0.4) is 0 Å². The number of aryl methyl sites for hydroxylation is 1. The summed E-state index contributed by atoms with van der Waals surface area (Å²) in [6.07, 6.45) is -4.40. The number of anilines is 1. The van der Waals surface area contributed by atoms with Crippen molar-refractivity contribution in [1.29, 1.82) is 0 Å². The van der Waals surface area contributed by atoms with Crippen molar-refractivity contribution in [2.24, 2.45) is 0 Å². The number of halogens is 3. The van der Waals surface area contributed by atoms with E-state index in [0.717, 1.165) is 11.6 Å². The molecule has 0 atom stereocenters. The fraction of sp³-hybridized carbons (Fsp3) is 0.375. The highest BCUT2D eigenvalue weighted by Gasteiger charge is 2.33. The Labute approximate surface area is 195 Å². The topological polar surface area (TPSA) is 81.8 Å². The molecule has 0 radical (unpaired) electrons. The van der Waals surface area contributed by atoms with Crippen molar-refractivity contribution < 1.29 is 27.6 Å². The molecule has 2 aromatic carbocycles. The van der Waals surface area contributed by atoms with E-state index in [9.17, 15) is 27.6 Å². The average molecular weight is 476 g/mol. The third kappa shape index (κ3) is 7.05. The third-order valence-electron chi connectivity index (χ3n) is 5.50. The van der Waals surface area contributed by atoms with Crippen molar-refractivity contribution in [3.8, 4) is 0 Å². The van der Waals surface area contributed by atoms with Crippen LogP contribution >= 0.6 is 0 Å². The van der Waals surface area contributed by atoms with Crippen LogP contribution in [0, 0.1) is 6.92 Å². The predicted octanol–water partition coefficient (Wildman–Crippen LogP) is 2.92. The van der Waals surface area contributed by atoms with E-state index >= 15 is 0 Å². The van der Waals surface area contributed by atoms with Crippen molar-refractivity contribution in [2.75, 3.05) is 44.6 Å². The van der Waals surface area contributed by atoms with Crippen molar-refractivity contribution >= 4 is 23.4 Å². The second kappa shape index (κ2) is 11.1. The van der Waals surface area contributed by atoms with Crippen LogP contribution < -0.4 is 10.6 Å². The van der Waals surface area contributed by atoms with Gasteiger partial charge in [-0.3, -0.25) is 19.3 Å². The molecule has 3 amide bonds. The van der Waals surface area contributed by atoms with Crippen molar-refractivity contribution in [1.82, 2.24) is 15.1 Å². The lowest BCUT2D eigenvalue weighted by Crippen LogP contribution is -2.50. The van der Waals surface area contributed by atoms with Crippen LogP contribution in [0.4, 0.5) is 18.9 Å². The second-order valence-corrected chi connectivity index (χ2v) is 8.12. The number of carbonyl (C=O) groups is 3. The standard InChI is InChI=1S/C24H27F3N4O3/c1-17-5-4-6-18(15-17)23(34)28-10-9-22(33)31-13-11-30(12-14-31)16-21(32)29-20-8-3-2-7-19(20)24(25,26)27/h2-8,15H,9-14,16H2,1H3,(H,28,34)(H,29,32). The molecule has 1 aliphatic rings. The summed E-state index contributed by atoms with van der Waals surface area (Å²) in [6.45, 7) is 3.69. The van der Waals surface area contributed by atoms with E-state index in [1.807, 2.05) is 13.0 Å². The summed E-state index contributed by atoms with van der Waals surface area (Å²) in [7, 11) is 0. The molecule has 1 heterocycles. The molecule has 0 saturated carbocycles. The molecular weight excluding hydrogens is 449 g/mol. The highest BCUT2D eigenvalue weighted by atomic mass is 19.4. The number of nitrogens with one attached hydrogen (secondary N) is 2. The van der Waals surface area contributed by atoms with Crippen molar-refractivity contribution in [2.45, 2.75) is 19.5 Å². The first-order valence-corrected chi connectivity index (χ1v) is 10.9. The normalized spacial score (nSPS) is 14.5. The van der Waals surface area contributed by atoms with E-state index in [1.54, 1.807) is 28.0 Å². The SMILES string of the molecule is Cc1cccc(C(=O)NCCC(=O)N2CCN(CC(=O)Nc3ccccc3C(F)(F)F)CC2)c1. The quantitative estimate of drug-likeness (QED) is 0.644. The smallest absolute Gasteiger partial charge is 0.352 e. The highest BCUT2D eigenvalue weighted by Crippen LogP contribution is 2.34. The Kier molecular flexibility index (Phi) is 8.27. The Bertz CT molecular complexity index is 1030. The molecule has 34 heavy (non-hydrogen) atoms. The fourth-order valence-corrected chi connectivity index (χ4v) is 3.72. The minimum Gasteiger partial charge on any atom is -0.352 e. The van der Waals surface area contributed by atoms with Gasteiger partial charge in [0.1, 0.15) is 0 Å². The van der Waals surface area contributed by atoms with Gasteiger partial charge in [0.25, 0.3) is 5.91 Å². The van der Waals surface area contributed by atoms with Gasteiger partial charge in [-0.2, -0.15) is 13.2 Å². The predicted molar refractivity (Wildman–Crippen MR) is 121 cm³/mol. The molecule has 3 rings (SSSR count). The van der Waals surface area contributed by atoms with E-state index in [2.05, 4.69) is 10.6 Å². The molecule has 1 saturated heterocycles. The zero-order valence-corrected chi connectivity index (χ0v) is 18.8. The number of hydrogen-bond acceptors (Lipinski definition) is 4. The van der Waals surface area contributed by atoms with Crippen LogP contribution in [0.5, 0.6) is 0 Å². The van der Waals surface area contributed by atoms with Crippen LogP contribution in [-0.4, -0.2) is 66.8 Å². The summed E-state index contributed by atoms with van der Waals surface area (Å²) in [5.41, 5.74) is 0.340. The molecule has 1 fully saturated rings. The van der Waals surface area contributed by atoms with Gasteiger partial charge >= 0.3 is 6.18 Å². The van der Waals surface area contributed by atoms with Gasteiger partial charge in [-0.25, -0.2) is 0 Å². The van der Waals surface area contributed by atoms with Gasteiger partial charge in [0.05, 0.1) is 17.8 Å². The van der Waals surface area contributed by atoms with Gasteiger partial charge in [-0.1, -0.05) is 29.8 Å². The fourth-order valence-electron chi connectivity index (χ4n) is 3.72. The van der Waals surface area contributed by atoms with Crippen LogP contribution in [0.25, 0.3) is 0 Å². The van der Waals surface area contributed by atoms with Crippen LogP contribution in [0.15, 0.2) is 48.5 Å². The van der Waals surface area contributed by atoms with Crippen molar-refractivity contribution in [3.63, 3.8) is 0 Å². The highest BCUT2D eigenvalue weighted by molar-refractivity contribution is 5.94. The van der Waals surface area contributed by atoms with E-state index in [-0.39, 0.29) is 37.0 Å². The van der Waals surface area contributed by atoms with Crippen LogP contribution in [0.1, 0.15) is 27.9 Å². The average Bonchev–Trinajstić information content (AvgIpc) is 2.79. The number of carbonyl (C=O) groups excluding carboxylic acids is 3. The van der Waals surface area contributed by atoms with E-state index in [1.165, 1.54) is 18.2 Å².